The molecule has 0 saturated carbocycles. The maximum Gasteiger partial charge on any atom is 0.387 e. The Labute approximate surface area is 225 Å². The zero-order valence-electron chi connectivity index (χ0n) is 22.5. The summed E-state index contributed by atoms with van der Waals surface area (Å²) < 4.78 is 41.5. The quantitative estimate of drug-likeness (QED) is 0.428. The monoisotopic (exact) mass is 547 g/mol. The lowest BCUT2D eigenvalue weighted by molar-refractivity contribution is -0.0500. The van der Waals surface area contributed by atoms with Crippen LogP contribution in [0.15, 0.2) is 29.2 Å². The molecule has 1 N–H and O–H groups in total. The molecule has 212 valence electrons. The molecule has 11 heteroatoms. The molecule has 0 atom stereocenters. The zero-order valence-corrected chi connectivity index (χ0v) is 22.5. The highest BCUT2D eigenvalue weighted by Crippen LogP contribution is 2.19. The normalized spacial score (nSPS) is 15.7. The molecule has 0 bridgehead atoms. The van der Waals surface area contributed by atoms with Gasteiger partial charge in [0.1, 0.15) is 11.5 Å². The Morgan fingerprint density at radius 3 is 2.56 bits per heavy atom. The number of unbranched alkanes of at least 4 members (excludes halogenated alkanes) is 1. The van der Waals surface area contributed by atoms with Gasteiger partial charge in [-0.1, -0.05) is 25.5 Å². The Bertz CT molecular complexity index is 1330. The summed E-state index contributed by atoms with van der Waals surface area (Å²) in [5.74, 6) is -1.49. The number of carbonyl (C=O) groups excluding carboxylic acids is 1. The van der Waals surface area contributed by atoms with E-state index in [-0.39, 0.29) is 24.1 Å². The van der Waals surface area contributed by atoms with Gasteiger partial charge in [0.15, 0.2) is 5.56 Å². The van der Waals surface area contributed by atoms with Crippen LogP contribution in [0.4, 0.5) is 8.78 Å². The molecule has 0 aliphatic carbocycles. The van der Waals surface area contributed by atoms with E-state index >= 15 is 0 Å². The van der Waals surface area contributed by atoms with Gasteiger partial charge in [0.2, 0.25) is 0 Å². The number of rotatable bonds is 11. The van der Waals surface area contributed by atoms with Crippen LogP contribution < -0.4 is 20.9 Å². The average Bonchev–Trinajstić information content (AvgIpc) is 2.92. The fraction of sp³-hybridized carbons (Fsp3) is 0.464. The van der Waals surface area contributed by atoms with Crippen LogP contribution in [0.1, 0.15) is 49.7 Å². The summed E-state index contributed by atoms with van der Waals surface area (Å²) in [7, 11) is 0. The summed E-state index contributed by atoms with van der Waals surface area (Å²) >= 11 is 0. The summed E-state index contributed by atoms with van der Waals surface area (Å²) in [4.78, 5) is 32.8. The van der Waals surface area contributed by atoms with Crippen LogP contribution >= 0.6 is 0 Å². The SMILES string of the molecule is C\C=C(/C=c1/c(O)c(C(=O)OCC)c(=O)n(CCN2CCOCC2)/c1=C\CCC)c1ccc(OC(F)F)cn1. The largest absolute Gasteiger partial charge is 0.506 e. The van der Waals surface area contributed by atoms with Gasteiger partial charge in [0, 0.05) is 31.4 Å². The fourth-order valence-corrected chi connectivity index (χ4v) is 4.25. The van der Waals surface area contributed by atoms with Gasteiger partial charge in [-0.25, -0.2) is 4.79 Å². The molecule has 1 aliphatic heterocycles. The van der Waals surface area contributed by atoms with Gasteiger partial charge in [0.25, 0.3) is 5.56 Å². The van der Waals surface area contributed by atoms with Crippen LogP contribution in [0.3, 0.4) is 0 Å². The Kier molecular flexibility index (Phi) is 11.2. The third-order valence-corrected chi connectivity index (χ3v) is 6.24. The van der Waals surface area contributed by atoms with Crippen LogP contribution in [0, 0.1) is 0 Å². The first-order valence-corrected chi connectivity index (χ1v) is 13.0. The Balaban J connectivity index is 2.22. The van der Waals surface area contributed by atoms with E-state index in [0.29, 0.717) is 42.8 Å². The van der Waals surface area contributed by atoms with Gasteiger partial charge in [-0.2, -0.15) is 8.78 Å². The third kappa shape index (κ3) is 7.73. The number of carbonyl (C=O) groups is 1. The van der Waals surface area contributed by atoms with Crippen molar-refractivity contribution < 1.29 is 32.9 Å². The number of hydrogen-bond donors (Lipinski definition) is 1. The lowest BCUT2D eigenvalue weighted by Gasteiger charge is -2.27. The maximum absolute atomic E-state index is 13.6. The molecule has 1 aliphatic rings. The first-order chi connectivity index (χ1) is 18.8. The van der Waals surface area contributed by atoms with E-state index in [0.717, 1.165) is 19.5 Å². The minimum atomic E-state index is -2.97. The Morgan fingerprint density at radius 2 is 1.97 bits per heavy atom. The number of nitrogens with zero attached hydrogens (tertiary/aromatic N) is 3. The summed E-state index contributed by atoms with van der Waals surface area (Å²) in [5, 5.41) is 12.0. The molecule has 0 amide bonds. The molecule has 0 aromatic carbocycles. The maximum atomic E-state index is 13.6. The number of aromatic nitrogens is 2. The summed E-state index contributed by atoms with van der Waals surface area (Å²) in [5.41, 5.74) is -0.118. The molecule has 0 unspecified atom stereocenters. The molecule has 3 heterocycles. The van der Waals surface area contributed by atoms with Crippen LogP contribution in [-0.4, -0.2) is 71.6 Å². The van der Waals surface area contributed by atoms with Crippen molar-refractivity contribution in [2.75, 3.05) is 39.5 Å². The molecule has 2 aromatic rings. The minimum Gasteiger partial charge on any atom is -0.506 e. The molecule has 1 saturated heterocycles. The predicted octanol–water partition coefficient (Wildman–Crippen LogP) is 2.52. The fourth-order valence-electron chi connectivity index (χ4n) is 4.25. The van der Waals surface area contributed by atoms with Crippen LogP contribution in [-0.2, 0) is 16.0 Å². The van der Waals surface area contributed by atoms with Crippen LogP contribution in [0.5, 0.6) is 11.5 Å². The van der Waals surface area contributed by atoms with Crippen molar-refractivity contribution in [3.05, 3.63) is 56.6 Å². The average molecular weight is 548 g/mol. The zero-order chi connectivity index (χ0) is 28.4. The van der Waals surface area contributed by atoms with Gasteiger partial charge < -0.3 is 23.9 Å². The molecular formula is C28H35F2N3O6. The van der Waals surface area contributed by atoms with Crippen LogP contribution in [0.2, 0.25) is 0 Å². The lowest BCUT2D eigenvalue weighted by Crippen LogP contribution is -2.48. The number of pyridine rings is 2. The lowest BCUT2D eigenvalue weighted by atomic mass is 10.1. The van der Waals surface area contributed by atoms with Crippen LogP contribution in [0.25, 0.3) is 17.7 Å². The molecule has 2 aromatic heterocycles. The van der Waals surface area contributed by atoms with Gasteiger partial charge in [-0.15, -0.1) is 0 Å². The number of alkyl halides is 2. The van der Waals surface area contributed by atoms with Gasteiger partial charge in [-0.3, -0.25) is 14.7 Å². The van der Waals surface area contributed by atoms with Crippen molar-refractivity contribution in [2.24, 2.45) is 0 Å². The van der Waals surface area contributed by atoms with E-state index in [4.69, 9.17) is 9.47 Å². The molecule has 9 nitrogen and oxygen atoms in total. The van der Waals surface area contributed by atoms with Gasteiger partial charge in [0.05, 0.1) is 37.1 Å². The molecule has 1 fully saturated rings. The van der Waals surface area contributed by atoms with Crippen molar-refractivity contribution in [1.29, 1.82) is 0 Å². The highest BCUT2D eigenvalue weighted by atomic mass is 19.3. The first kappa shape index (κ1) is 30.0. The smallest absolute Gasteiger partial charge is 0.387 e. The number of morpholine rings is 1. The summed E-state index contributed by atoms with van der Waals surface area (Å²) in [6.45, 7) is 5.91. The minimum absolute atomic E-state index is 0.0331. The molecule has 0 radical (unpaired) electrons. The summed E-state index contributed by atoms with van der Waals surface area (Å²) in [6, 6.07) is 2.87. The molecule has 39 heavy (non-hydrogen) atoms. The number of halogens is 2. The van der Waals surface area contributed by atoms with E-state index in [1.54, 1.807) is 26.0 Å². The number of allylic oxidation sites excluding steroid dienone is 2. The number of ether oxygens (including phenoxy) is 3. The van der Waals surface area contributed by atoms with E-state index < -0.39 is 29.5 Å². The van der Waals surface area contributed by atoms with Crippen molar-refractivity contribution in [3.63, 3.8) is 0 Å². The molecular weight excluding hydrogens is 512 g/mol. The van der Waals surface area contributed by atoms with Crippen molar-refractivity contribution in [2.45, 2.75) is 46.8 Å². The predicted molar refractivity (Wildman–Crippen MR) is 143 cm³/mol. The first-order valence-electron chi connectivity index (χ1n) is 13.0. The third-order valence-electron chi connectivity index (χ3n) is 6.24. The molecule has 0 spiro atoms. The highest BCUT2D eigenvalue weighted by Gasteiger charge is 2.23. The second-order valence-electron chi connectivity index (χ2n) is 8.79. The van der Waals surface area contributed by atoms with Crippen molar-refractivity contribution in [1.82, 2.24) is 14.5 Å². The Hall–Kier alpha value is -3.57. The second kappa shape index (κ2) is 14.5. The Morgan fingerprint density at radius 1 is 1.23 bits per heavy atom. The number of hydrogen-bond acceptors (Lipinski definition) is 8. The van der Waals surface area contributed by atoms with Gasteiger partial charge in [-0.05, 0) is 44.1 Å². The van der Waals surface area contributed by atoms with Gasteiger partial charge >= 0.3 is 12.6 Å². The van der Waals surface area contributed by atoms with Crippen molar-refractivity contribution >= 4 is 23.7 Å². The number of aromatic hydroxyl groups is 1. The number of esters is 1. The highest BCUT2D eigenvalue weighted by molar-refractivity contribution is 5.93. The topological polar surface area (TPSA) is 103 Å². The molecule has 3 rings (SSSR count). The van der Waals surface area contributed by atoms with E-state index in [1.165, 1.54) is 22.9 Å². The standard InChI is InChI=1S/C28H35F2N3O6/c1-4-7-8-23-21(17-19(5-2)22-10-9-20(18-31-22)39-28(29)30)25(34)24(27(36)38-6-3)26(35)33(23)12-11-32-13-15-37-16-14-32/h5,8-10,17-18,28,34H,4,6-7,11-16H2,1-3H3/b19-5+,21-17+,23-8-. The van der Waals surface area contributed by atoms with E-state index in [2.05, 4.69) is 14.6 Å². The van der Waals surface area contributed by atoms with Crippen molar-refractivity contribution in [3.8, 4) is 11.5 Å². The van der Waals surface area contributed by atoms with E-state index in [9.17, 15) is 23.5 Å². The summed E-state index contributed by atoms with van der Waals surface area (Å²) in [6.07, 6.45) is 7.81. The second-order valence-corrected chi connectivity index (χ2v) is 8.79. The van der Waals surface area contributed by atoms with E-state index in [1.807, 2.05) is 13.0 Å².